The number of aromatic nitrogens is 1. The largest absolute Gasteiger partial charge is 0.357 e. The summed E-state index contributed by atoms with van der Waals surface area (Å²) < 4.78 is 11.4. The van der Waals surface area contributed by atoms with Crippen LogP contribution in [-0.4, -0.2) is 34.4 Å². The third-order valence-corrected chi connectivity index (χ3v) is 5.08. The second-order valence-corrected chi connectivity index (χ2v) is 7.26. The van der Waals surface area contributed by atoms with Crippen LogP contribution in [-0.2, 0) is 17.3 Å². The van der Waals surface area contributed by atoms with Crippen LogP contribution in [0.15, 0.2) is 47.5 Å². The van der Waals surface area contributed by atoms with E-state index in [0.717, 1.165) is 24.5 Å². The number of anilines is 1. The van der Waals surface area contributed by atoms with Crippen molar-refractivity contribution >= 4 is 22.5 Å². The number of pyridine rings is 1. The zero-order valence-corrected chi connectivity index (χ0v) is 14.5. The van der Waals surface area contributed by atoms with Crippen molar-refractivity contribution < 1.29 is 9.00 Å². The van der Waals surface area contributed by atoms with Gasteiger partial charge in [0.05, 0.1) is 0 Å². The van der Waals surface area contributed by atoms with Crippen molar-refractivity contribution in [2.45, 2.75) is 24.3 Å². The van der Waals surface area contributed by atoms with Gasteiger partial charge in [-0.05, 0) is 48.7 Å². The van der Waals surface area contributed by atoms with Crippen molar-refractivity contribution in [2.24, 2.45) is 0 Å². The number of hydrogen-bond acceptors (Lipinski definition) is 4. The molecule has 1 atom stereocenters. The number of benzene rings is 1. The van der Waals surface area contributed by atoms with Crippen LogP contribution in [0.2, 0.25) is 0 Å². The predicted octanol–water partition coefficient (Wildman–Crippen LogP) is 2.35. The number of nitrogens with zero attached hydrogens (tertiary/aromatic N) is 2. The fraction of sp³-hybridized carbons (Fsp3) is 0.333. The standard InChI is InChI=1S/C18H21N3O2S/c1-24(23)16-7-5-15(6-8-16)18(22)20-13-14-4-9-17(19-12-14)21-10-2-3-11-21/h4-9,12H,2-3,10-11,13H2,1H3,(H,20,22). The molecule has 1 fully saturated rings. The highest BCUT2D eigenvalue weighted by atomic mass is 32.2. The molecular weight excluding hydrogens is 322 g/mol. The minimum absolute atomic E-state index is 0.146. The van der Waals surface area contributed by atoms with E-state index in [9.17, 15) is 9.00 Å². The van der Waals surface area contributed by atoms with Gasteiger partial charge in [0.25, 0.3) is 5.91 Å². The van der Waals surface area contributed by atoms with Gasteiger partial charge in [0, 0.05) is 53.3 Å². The lowest BCUT2D eigenvalue weighted by Crippen LogP contribution is -2.23. The Morgan fingerprint density at radius 1 is 1.17 bits per heavy atom. The lowest BCUT2D eigenvalue weighted by molar-refractivity contribution is 0.0951. The van der Waals surface area contributed by atoms with Gasteiger partial charge in [-0.1, -0.05) is 6.07 Å². The van der Waals surface area contributed by atoms with E-state index in [1.807, 2.05) is 18.3 Å². The summed E-state index contributed by atoms with van der Waals surface area (Å²) >= 11 is 0. The van der Waals surface area contributed by atoms with E-state index in [2.05, 4.69) is 15.2 Å². The number of rotatable bonds is 5. The summed E-state index contributed by atoms with van der Waals surface area (Å²) in [5, 5.41) is 2.88. The molecule has 1 aliphatic heterocycles. The molecule has 1 unspecified atom stereocenters. The van der Waals surface area contributed by atoms with Crippen LogP contribution in [0.3, 0.4) is 0 Å². The van der Waals surface area contributed by atoms with Crippen molar-refractivity contribution in [1.82, 2.24) is 10.3 Å². The summed E-state index contributed by atoms with van der Waals surface area (Å²) in [5.41, 5.74) is 1.53. The highest BCUT2D eigenvalue weighted by Gasteiger charge is 2.13. The second-order valence-electron chi connectivity index (χ2n) is 5.88. The molecule has 1 aromatic heterocycles. The first kappa shape index (κ1) is 16.6. The first-order valence-electron chi connectivity index (χ1n) is 8.05. The van der Waals surface area contributed by atoms with Gasteiger partial charge in [0.2, 0.25) is 0 Å². The minimum atomic E-state index is -1.03. The van der Waals surface area contributed by atoms with Gasteiger partial charge in [0.1, 0.15) is 5.82 Å². The fourth-order valence-electron chi connectivity index (χ4n) is 2.74. The summed E-state index contributed by atoms with van der Waals surface area (Å²) in [6, 6.07) is 10.8. The van der Waals surface area contributed by atoms with E-state index < -0.39 is 10.8 Å². The predicted molar refractivity (Wildman–Crippen MR) is 95.6 cm³/mol. The summed E-state index contributed by atoms with van der Waals surface area (Å²) in [4.78, 5) is 19.6. The van der Waals surface area contributed by atoms with Gasteiger partial charge in [-0.25, -0.2) is 4.98 Å². The molecular formula is C18H21N3O2S. The first-order valence-corrected chi connectivity index (χ1v) is 9.61. The SMILES string of the molecule is CS(=O)c1ccc(C(=O)NCc2ccc(N3CCCC3)nc2)cc1. The van der Waals surface area contributed by atoms with Crippen LogP contribution < -0.4 is 10.2 Å². The highest BCUT2D eigenvalue weighted by Crippen LogP contribution is 2.17. The zero-order chi connectivity index (χ0) is 16.9. The highest BCUT2D eigenvalue weighted by molar-refractivity contribution is 7.84. The summed E-state index contributed by atoms with van der Waals surface area (Å²) in [7, 11) is -1.03. The lowest BCUT2D eigenvalue weighted by Gasteiger charge is -2.16. The molecule has 24 heavy (non-hydrogen) atoms. The molecule has 5 nitrogen and oxygen atoms in total. The molecule has 6 heteroatoms. The van der Waals surface area contributed by atoms with E-state index >= 15 is 0 Å². The average molecular weight is 343 g/mol. The van der Waals surface area contributed by atoms with Crippen LogP contribution in [0.5, 0.6) is 0 Å². The Morgan fingerprint density at radius 3 is 2.46 bits per heavy atom. The van der Waals surface area contributed by atoms with E-state index in [4.69, 9.17) is 0 Å². The molecule has 0 bridgehead atoms. The van der Waals surface area contributed by atoms with Crippen LogP contribution >= 0.6 is 0 Å². The van der Waals surface area contributed by atoms with Gasteiger partial charge in [0.15, 0.2) is 0 Å². The zero-order valence-electron chi connectivity index (χ0n) is 13.7. The van der Waals surface area contributed by atoms with E-state index in [-0.39, 0.29) is 5.91 Å². The van der Waals surface area contributed by atoms with Crippen molar-refractivity contribution in [3.8, 4) is 0 Å². The first-order chi connectivity index (χ1) is 11.6. The molecule has 1 aromatic carbocycles. The van der Waals surface area contributed by atoms with Gasteiger partial charge in [-0.15, -0.1) is 0 Å². The van der Waals surface area contributed by atoms with E-state index in [1.54, 1.807) is 30.5 Å². The van der Waals surface area contributed by atoms with Crippen molar-refractivity contribution in [3.05, 3.63) is 53.7 Å². The monoisotopic (exact) mass is 343 g/mol. The molecule has 0 radical (unpaired) electrons. The molecule has 1 aliphatic rings. The molecule has 0 aliphatic carbocycles. The van der Waals surface area contributed by atoms with E-state index in [1.165, 1.54) is 12.8 Å². The molecule has 126 valence electrons. The Kier molecular flexibility index (Phi) is 5.25. The Hall–Kier alpha value is -2.21. The Labute approximate surface area is 144 Å². The van der Waals surface area contributed by atoms with Crippen LogP contribution in [0.1, 0.15) is 28.8 Å². The normalized spacial score (nSPS) is 15.3. The Balaban J connectivity index is 1.56. The maximum atomic E-state index is 12.2. The molecule has 0 saturated carbocycles. The van der Waals surface area contributed by atoms with Crippen molar-refractivity contribution in [1.29, 1.82) is 0 Å². The maximum Gasteiger partial charge on any atom is 0.251 e. The average Bonchev–Trinajstić information content (AvgIpc) is 3.15. The van der Waals surface area contributed by atoms with Gasteiger partial charge in [-0.3, -0.25) is 9.00 Å². The molecule has 2 heterocycles. The third-order valence-electron chi connectivity index (χ3n) is 4.14. The molecule has 1 amide bonds. The van der Waals surface area contributed by atoms with Crippen LogP contribution in [0.4, 0.5) is 5.82 Å². The van der Waals surface area contributed by atoms with E-state index in [0.29, 0.717) is 17.0 Å². The maximum absolute atomic E-state index is 12.2. The lowest BCUT2D eigenvalue weighted by atomic mass is 10.2. The molecule has 1 N–H and O–H groups in total. The van der Waals surface area contributed by atoms with Gasteiger partial charge in [-0.2, -0.15) is 0 Å². The van der Waals surface area contributed by atoms with Gasteiger partial charge < -0.3 is 10.2 Å². The van der Waals surface area contributed by atoms with Crippen LogP contribution in [0.25, 0.3) is 0 Å². The minimum Gasteiger partial charge on any atom is -0.357 e. The van der Waals surface area contributed by atoms with Crippen molar-refractivity contribution in [2.75, 3.05) is 24.2 Å². The fourth-order valence-corrected chi connectivity index (χ4v) is 3.26. The second kappa shape index (κ2) is 7.57. The number of carbonyl (C=O) groups is 1. The van der Waals surface area contributed by atoms with Gasteiger partial charge >= 0.3 is 0 Å². The number of hydrogen-bond donors (Lipinski definition) is 1. The molecule has 0 spiro atoms. The molecule has 3 rings (SSSR count). The van der Waals surface area contributed by atoms with Crippen molar-refractivity contribution in [3.63, 3.8) is 0 Å². The molecule has 1 saturated heterocycles. The van der Waals surface area contributed by atoms with Crippen LogP contribution in [0, 0.1) is 0 Å². The Morgan fingerprint density at radius 2 is 1.88 bits per heavy atom. The smallest absolute Gasteiger partial charge is 0.251 e. The molecule has 2 aromatic rings. The number of amides is 1. The summed E-state index contributed by atoms with van der Waals surface area (Å²) in [6.07, 6.45) is 5.89. The quantitative estimate of drug-likeness (QED) is 0.905. The summed E-state index contributed by atoms with van der Waals surface area (Å²) in [6.45, 7) is 2.58. The summed E-state index contributed by atoms with van der Waals surface area (Å²) in [5.74, 6) is 0.859. The Bertz CT molecular complexity index is 723. The number of carbonyl (C=O) groups excluding carboxylic acids is 1. The third kappa shape index (κ3) is 4.00. The number of nitrogens with one attached hydrogen (secondary N) is 1. The topological polar surface area (TPSA) is 62.3 Å².